The number of nitrogens with zero attached hydrogens (tertiary/aromatic N) is 2. The van der Waals surface area contributed by atoms with Crippen molar-refractivity contribution in [1.29, 1.82) is 0 Å². The second-order valence-corrected chi connectivity index (χ2v) is 2.05. The van der Waals surface area contributed by atoms with E-state index in [9.17, 15) is 0 Å². The van der Waals surface area contributed by atoms with Gasteiger partial charge in [-0.2, -0.15) is 0 Å². The fraction of sp³-hybridized carbons (Fsp3) is 0. The average Bonchev–Trinajstić information content (AvgIpc) is 2.24. The first-order valence-electron chi connectivity index (χ1n) is 3.70. The zero-order valence-electron chi connectivity index (χ0n) is 8.38. The van der Waals surface area contributed by atoms with Gasteiger partial charge in [-0.15, -0.1) is 0 Å². The molecule has 84 valence electrons. The molecule has 0 radical (unpaired) electrons. The Kier molecular flexibility index (Phi) is 33.3. The normalized spacial score (nSPS) is 6.00. The van der Waals surface area contributed by atoms with E-state index in [4.69, 9.17) is 0 Å². The fourth-order valence-corrected chi connectivity index (χ4v) is 0.625. The van der Waals surface area contributed by atoms with Crippen molar-refractivity contribution in [2.24, 2.45) is 0 Å². The molecule has 0 aliphatic rings. The molecule has 2 aromatic rings. The maximum Gasteiger partial charge on any atom is 3.00 e. The zero-order valence-corrected chi connectivity index (χ0v) is 16.4. The van der Waals surface area contributed by atoms with Gasteiger partial charge in [-0.1, -0.05) is 12.1 Å². The van der Waals surface area contributed by atoms with E-state index in [2.05, 4.69) is 9.97 Å². The van der Waals surface area contributed by atoms with Gasteiger partial charge in [0.15, 0.2) is 0 Å². The van der Waals surface area contributed by atoms with Crippen LogP contribution in [0.1, 0.15) is 0 Å². The molecule has 0 unspecified atom stereocenters. The Labute approximate surface area is 146 Å². The largest absolute Gasteiger partial charge is 3.00 e. The molecule has 2 rings (SSSR count). The van der Waals surface area contributed by atoms with E-state index in [1.165, 1.54) is 0 Å². The van der Waals surface area contributed by atoms with Crippen LogP contribution < -0.4 is 50.9 Å². The third-order valence-corrected chi connectivity index (χ3v) is 1.13. The van der Waals surface area contributed by atoms with Crippen molar-refractivity contribution in [3.8, 4) is 0 Å². The summed E-state index contributed by atoms with van der Waals surface area (Å²) >= 11 is 0. The topological polar surface area (TPSA) is 25.8 Å². The van der Waals surface area contributed by atoms with Gasteiger partial charge in [-0.3, -0.25) is 9.97 Å². The van der Waals surface area contributed by atoms with Gasteiger partial charge >= 0.3 is 25.8 Å². The molecular weight excluding hydrogens is 503 g/mol. The third kappa shape index (κ3) is 17.0. The van der Waals surface area contributed by atoms with Gasteiger partial charge in [-0.05, 0) is 24.3 Å². The van der Waals surface area contributed by atoms with Crippen LogP contribution in [-0.2, 0) is 0 Å². The molecule has 2 aromatic heterocycles. The third-order valence-electron chi connectivity index (χ3n) is 1.13. The maximum absolute atomic E-state index is 3.78. The summed E-state index contributed by atoms with van der Waals surface area (Å²) in [5, 5.41) is 0. The zero-order chi connectivity index (χ0) is 8.49. The number of aromatic nitrogens is 2. The summed E-state index contributed by atoms with van der Waals surface area (Å²) < 4.78 is 0. The monoisotopic (exact) mass is 510 g/mol. The van der Waals surface area contributed by atoms with E-state index in [0.29, 0.717) is 0 Å². The van der Waals surface area contributed by atoms with Crippen molar-refractivity contribution in [3.63, 3.8) is 0 Å². The molecule has 6 heteroatoms. The number of halogens is 3. The quantitative estimate of drug-likeness (QED) is 0.351. The van der Waals surface area contributed by atoms with Crippen LogP contribution in [0.5, 0.6) is 0 Å². The molecule has 0 N–H and O–H groups in total. The van der Waals surface area contributed by atoms with Crippen LogP contribution >= 0.6 is 0 Å². The number of rotatable bonds is 0. The summed E-state index contributed by atoms with van der Waals surface area (Å²) in [5.41, 5.74) is 0. The summed E-state index contributed by atoms with van der Waals surface area (Å²) in [6.45, 7) is 0. The van der Waals surface area contributed by atoms with Gasteiger partial charge in [0.1, 0.15) is 0 Å². The Morgan fingerprint density at radius 1 is 0.438 bits per heavy atom. The van der Waals surface area contributed by atoms with Crippen LogP contribution in [0.15, 0.2) is 61.2 Å². The Morgan fingerprint density at radius 3 is 0.750 bits per heavy atom. The first-order chi connectivity index (χ1) is 6.00. The molecule has 0 spiro atoms. The Balaban J connectivity index is -0.0000000720. The van der Waals surface area contributed by atoms with Crippen LogP contribution in [0.25, 0.3) is 0 Å². The first-order valence-corrected chi connectivity index (χ1v) is 3.70. The first kappa shape index (κ1) is 25.5. The van der Waals surface area contributed by atoms with Crippen LogP contribution in [0.4, 0.5) is 0 Å². The maximum atomic E-state index is 3.78. The minimum absolute atomic E-state index is 0. The van der Waals surface area contributed by atoms with Crippen molar-refractivity contribution in [2.45, 2.75) is 0 Å². The van der Waals surface area contributed by atoms with Gasteiger partial charge in [0.2, 0.25) is 0 Å². The van der Waals surface area contributed by atoms with E-state index in [1.54, 1.807) is 24.8 Å². The van der Waals surface area contributed by atoms with Crippen LogP contribution in [0.2, 0.25) is 0 Å². The van der Waals surface area contributed by atoms with Crippen molar-refractivity contribution >= 4 is 25.8 Å². The molecule has 0 aliphatic heterocycles. The minimum Gasteiger partial charge on any atom is -1.00 e. The van der Waals surface area contributed by atoms with Crippen molar-refractivity contribution < 1.29 is 50.9 Å². The van der Waals surface area contributed by atoms with Gasteiger partial charge in [0, 0.05) is 24.8 Å². The molecule has 0 bridgehead atoms. The Morgan fingerprint density at radius 2 is 0.688 bits per heavy atom. The van der Waals surface area contributed by atoms with Crippen molar-refractivity contribution in [3.05, 3.63) is 61.2 Å². The predicted molar refractivity (Wildman–Crippen MR) is 54.2 cm³/mol. The number of hydrogen-bond acceptors (Lipinski definition) is 2. The van der Waals surface area contributed by atoms with Crippen LogP contribution in [0.3, 0.4) is 0 Å². The smallest absolute Gasteiger partial charge is 1.00 e. The van der Waals surface area contributed by atoms with Crippen LogP contribution in [-0.4, -0.2) is 35.8 Å². The Hall–Kier alpha value is 0.610. The second-order valence-electron chi connectivity index (χ2n) is 2.05. The number of hydrogen-bond donors (Lipinski definition) is 0. The molecule has 0 saturated heterocycles. The summed E-state index contributed by atoms with van der Waals surface area (Å²) in [6, 6.07) is 11.4. The summed E-state index contributed by atoms with van der Waals surface area (Å²) in [5.74, 6) is 0. The number of pyridine rings is 2. The molecule has 2 nitrogen and oxygen atoms in total. The molecule has 0 aromatic carbocycles. The van der Waals surface area contributed by atoms with Gasteiger partial charge in [-0.25, -0.2) is 0 Å². The molecule has 0 saturated carbocycles. The van der Waals surface area contributed by atoms with E-state index < -0.39 is 0 Å². The minimum atomic E-state index is 0. The van der Waals surface area contributed by atoms with Crippen molar-refractivity contribution in [2.75, 3.05) is 0 Å². The van der Waals surface area contributed by atoms with E-state index >= 15 is 0 Å². The van der Waals surface area contributed by atoms with E-state index in [0.717, 1.165) is 0 Å². The molecule has 0 atom stereocenters. The molecule has 16 heavy (non-hydrogen) atoms. The summed E-state index contributed by atoms with van der Waals surface area (Å²) in [4.78, 5) is 7.57. The predicted octanol–water partition coefficient (Wildman–Crippen LogP) is -7.21. The standard InChI is InChI=1S/2C5H5N.3BrH.In/c2*1-2-4-6-5-3-1;;;;/h2*1-5H;3*1H;/q;;;;;+3/p-3. The summed E-state index contributed by atoms with van der Waals surface area (Å²) in [7, 11) is 0. The van der Waals surface area contributed by atoms with Gasteiger partial charge in [0.25, 0.3) is 0 Å². The van der Waals surface area contributed by atoms with Gasteiger partial charge < -0.3 is 50.9 Å². The summed E-state index contributed by atoms with van der Waals surface area (Å²) in [6.07, 6.45) is 7.00. The van der Waals surface area contributed by atoms with Gasteiger partial charge in [0.05, 0.1) is 0 Å². The molecule has 0 amide bonds. The molecule has 0 aliphatic carbocycles. The molecular formula is C10H10Br3InN2. The SMILES string of the molecule is [Br-].[Br-].[Br-].[In+3].c1ccncc1.c1ccncc1. The van der Waals surface area contributed by atoms with E-state index in [1.807, 2.05) is 36.4 Å². The second kappa shape index (κ2) is 21.0. The van der Waals surface area contributed by atoms with Crippen molar-refractivity contribution in [1.82, 2.24) is 9.97 Å². The Bertz CT molecular complexity index is 199. The van der Waals surface area contributed by atoms with Crippen LogP contribution in [0, 0.1) is 0 Å². The fourth-order valence-electron chi connectivity index (χ4n) is 0.625. The van der Waals surface area contributed by atoms with E-state index in [-0.39, 0.29) is 76.8 Å². The average molecular weight is 513 g/mol. The molecule has 2 heterocycles. The molecule has 0 fully saturated rings.